The maximum Gasteiger partial charge on any atom is 0.490 e. The second-order valence-electron chi connectivity index (χ2n) is 8.40. The van der Waals surface area contributed by atoms with Crippen LogP contribution in [-0.4, -0.2) is 60.1 Å². The van der Waals surface area contributed by atoms with Crippen molar-refractivity contribution in [3.8, 4) is 0 Å². The van der Waals surface area contributed by atoms with Crippen LogP contribution in [0.4, 0.5) is 24.5 Å². The van der Waals surface area contributed by atoms with Gasteiger partial charge in [-0.3, -0.25) is 9.40 Å². The normalized spacial score (nSPS) is 11.4. The van der Waals surface area contributed by atoms with Crippen molar-refractivity contribution in [1.29, 1.82) is 0 Å². The van der Waals surface area contributed by atoms with Crippen LogP contribution in [-0.2, 0) is 27.8 Å². The molecule has 14 heteroatoms. The van der Waals surface area contributed by atoms with Crippen LogP contribution in [0.5, 0.6) is 0 Å². The molecular formula is C25H29F3N4O6S. The van der Waals surface area contributed by atoms with Crippen molar-refractivity contribution in [2.45, 2.75) is 44.8 Å². The van der Waals surface area contributed by atoms with Crippen LogP contribution in [0.25, 0.3) is 0 Å². The number of alkyl halides is 3. The lowest BCUT2D eigenvalue weighted by atomic mass is 10.1. The van der Waals surface area contributed by atoms with Gasteiger partial charge in [-0.1, -0.05) is 18.2 Å². The highest BCUT2D eigenvalue weighted by Crippen LogP contribution is 2.26. The zero-order valence-corrected chi connectivity index (χ0v) is 22.5. The van der Waals surface area contributed by atoms with Crippen molar-refractivity contribution in [3.05, 3.63) is 71.0 Å². The highest BCUT2D eigenvalue weighted by Gasteiger charge is 2.38. The Labute approximate surface area is 223 Å². The second kappa shape index (κ2) is 12.7. The number of anilines is 2. The van der Waals surface area contributed by atoms with E-state index in [1.807, 2.05) is 37.4 Å². The molecule has 0 amide bonds. The number of aromatic carboxylic acids is 1. The Bertz CT molecular complexity index is 1420. The van der Waals surface area contributed by atoms with E-state index in [4.69, 9.17) is 9.90 Å². The van der Waals surface area contributed by atoms with Crippen molar-refractivity contribution in [2.24, 2.45) is 0 Å². The van der Waals surface area contributed by atoms with E-state index in [-0.39, 0.29) is 16.1 Å². The highest BCUT2D eigenvalue weighted by atomic mass is 32.2. The maximum atomic E-state index is 12.6. The molecule has 3 rings (SSSR count). The fourth-order valence-electron chi connectivity index (χ4n) is 3.72. The predicted molar refractivity (Wildman–Crippen MR) is 139 cm³/mol. The summed E-state index contributed by atoms with van der Waals surface area (Å²) < 4.78 is 61.3. The summed E-state index contributed by atoms with van der Waals surface area (Å²) in [6.45, 7) is 7.44. The van der Waals surface area contributed by atoms with Crippen LogP contribution < -0.4 is 9.62 Å². The van der Waals surface area contributed by atoms with Gasteiger partial charge in [-0.2, -0.15) is 18.3 Å². The number of hydrogen-bond donors (Lipinski definition) is 3. The number of hydrogen-bond acceptors (Lipinski definition) is 6. The predicted octanol–water partition coefficient (Wildman–Crippen LogP) is 4.33. The first-order chi connectivity index (χ1) is 18.1. The molecule has 0 atom stereocenters. The Morgan fingerprint density at radius 1 is 1.08 bits per heavy atom. The molecule has 2 aromatic carbocycles. The Morgan fingerprint density at radius 2 is 1.67 bits per heavy atom. The second-order valence-corrected chi connectivity index (χ2v) is 10.1. The summed E-state index contributed by atoms with van der Waals surface area (Å²) in [7, 11) is -1.99. The molecular weight excluding hydrogens is 541 g/mol. The number of aromatic nitrogens is 2. The monoisotopic (exact) mass is 570 g/mol. The van der Waals surface area contributed by atoms with E-state index in [9.17, 15) is 31.5 Å². The standard InChI is InChI=1S/C23H28N4O4S.C2HF3O2/c1-5-27-17(3)20(16(2)24-27)13-14-26(4)22-12-11-18(15-21(22)23(28)29)25-32(30,31)19-9-7-6-8-10-19;3-2(4,5)1(6)7/h6-12,15,25H,5,13-14H2,1-4H3,(H,28,29);(H,6,7). The molecule has 3 N–H and O–H groups in total. The molecule has 0 saturated heterocycles. The molecule has 0 radical (unpaired) electrons. The van der Waals surface area contributed by atoms with E-state index in [0.717, 1.165) is 29.9 Å². The number of nitrogens with zero attached hydrogens (tertiary/aromatic N) is 3. The summed E-state index contributed by atoms with van der Waals surface area (Å²) in [6.07, 6.45) is -4.37. The topological polar surface area (TPSA) is 142 Å². The molecule has 0 bridgehead atoms. The number of carboxylic acids is 2. The third kappa shape index (κ3) is 8.21. The van der Waals surface area contributed by atoms with Gasteiger partial charge in [0.15, 0.2) is 0 Å². The first kappa shape index (κ1) is 31.1. The van der Waals surface area contributed by atoms with Gasteiger partial charge in [0, 0.05) is 31.5 Å². The quantitative estimate of drug-likeness (QED) is 0.345. The first-order valence-electron chi connectivity index (χ1n) is 11.6. The minimum atomic E-state index is -5.08. The lowest BCUT2D eigenvalue weighted by molar-refractivity contribution is -0.192. The van der Waals surface area contributed by atoms with Gasteiger partial charge < -0.3 is 15.1 Å². The number of carbonyl (C=O) groups is 2. The van der Waals surface area contributed by atoms with E-state index in [1.54, 1.807) is 30.3 Å². The number of likely N-dealkylation sites (N-methyl/N-ethyl adjacent to an activating group) is 1. The number of carboxylic acid groups (broad SMARTS) is 2. The molecule has 0 spiro atoms. The van der Waals surface area contributed by atoms with Gasteiger partial charge in [-0.25, -0.2) is 18.0 Å². The number of rotatable bonds is 9. The maximum absolute atomic E-state index is 12.6. The molecule has 212 valence electrons. The first-order valence-corrected chi connectivity index (χ1v) is 13.1. The smallest absolute Gasteiger partial charge is 0.478 e. The Balaban J connectivity index is 0.000000673. The van der Waals surface area contributed by atoms with Gasteiger partial charge >= 0.3 is 18.1 Å². The van der Waals surface area contributed by atoms with Crippen LogP contribution >= 0.6 is 0 Å². The molecule has 39 heavy (non-hydrogen) atoms. The number of benzene rings is 2. The average molecular weight is 571 g/mol. The van der Waals surface area contributed by atoms with Crippen LogP contribution in [0.3, 0.4) is 0 Å². The molecule has 1 aromatic heterocycles. The highest BCUT2D eigenvalue weighted by molar-refractivity contribution is 7.92. The Kier molecular flexibility index (Phi) is 10.1. The number of aliphatic carboxylic acids is 1. The summed E-state index contributed by atoms with van der Waals surface area (Å²) in [5.74, 6) is -3.88. The molecule has 3 aromatic rings. The van der Waals surface area contributed by atoms with Crippen LogP contribution in [0.15, 0.2) is 53.4 Å². The minimum absolute atomic E-state index is 0.0264. The minimum Gasteiger partial charge on any atom is -0.478 e. The molecule has 0 fully saturated rings. The Morgan fingerprint density at radius 3 is 2.15 bits per heavy atom. The number of sulfonamides is 1. The number of halogens is 3. The van der Waals surface area contributed by atoms with Gasteiger partial charge in [0.05, 0.1) is 21.8 Å². The fraction of sp³-hybridized carbons (Fsp3) is 0.320. The van der Waals surface area contributed by atoms with E-state index >= 15 is 0 Å². The van der Waals surface area contributed by atoms with Crippen LogP contribution in [0.2, 0.25) is 0 Å². The molecule has 0 aliphatic rings. The summed E-state index contributed by atoms with van der Waals surface area (Å²) in [5, 5.41) is 21.4. The van der Waals surface area contributed by atoms with E-state index in [2.05, 4.69) is 9.82 Å². The summed E-state index contributed by atoms with van der Waals surface area (Å²) >= 11 is 0. The number of nitrogens with one attached hydrogen (secondary N) is 1. The van der Waals surface area contributed by atoms with Crippen molar-refractivity contribution < 1.29 is 41.4 Å². The summed E-state index contributed by atoms with van der Waals surface area (Å²) in [4.78, 5) is 22.8. The zero-order valence-electron chi connectivity index (χ0n) is 21.7. The molecule has 0 saturated carbocycles. The lowest BCUT2D eigenvalue weighted by Crippen LogP contribution is -2.23. The average Bonchev–Trinajstić information content (AvgIpc) is 3.14. The van der Waals surface area contributed by atoms with Crippen LogP contribution in [0.1, 0.15) is 34.2 Å². The van der Waals surface area contributed by atoms with E-state index < -0.39 is 28.1 Å². The summed E-state index contributed by atoms with van der Waals surface area (Å²) in [6, 6.07) is 12.5. The zero-order chi connectivity index (χ0) is 29.5. The summed E-state index contributed by atoms with van der Waals surface area (Å²) in [5.41, 5.74) is 3.98. The third-order valence-electron chi connectivity index (χ3n) is 5.71. The van der Waals surface area contributed by atoms with Crippen molar-refractivity contribution >= 4 is 33.3 Å². The van der Waals surface area contributed by atoms with Gasteiger partial charge in [-0.05, 0) is 63.1 Å². The van der Waals surface area contributed by atoms with Crippen molar-refractivity contribution in [2.75, 3.05) is 23.2 Å². The van der Waals surface area contributed by atoms with Gasteiger partial charge in [0.1, 0.15) is 0 Å². The third-order valence-corrected chi connectivity index (χ3v) is 7.11. The molecule has 1 heterocycles. The van der Waals surface area contributed by atoms with Gasteiger partial charge in [0.2, 0.25) is 0 Å². The number of aryl methyl sites for hydroxylation is 2. The molecule has 0 aliphatic heterocycles. The largest absolute Gasteiger partial charge is 0.490 e. The van der Waals surface area contributed by atoms with Crippen molar-refractivity contribution in [3.63, 3.8) is 0 Å². The molecule has 0 unspecified atom stereocenters. The molecule has 10 nitrogen and oxygen atoms in total. The lowest BCUT2D eigenvalue weighted by Gasteiger charge is -2.22. The van der Waals surface area contributed by atoms with E-state index in [1.165, 1.54) is 18.2 Å². The Hall–Kier alpha value is -4.07. The van der Waals surface area contributed by atoms with Gasteiger partial charge in [-0.15, -0.1) is 0 Å². The fourth-order valence-corrected chi connectivity index (χ4v) is 4.79. The molecule has 0 aliphatic carbocycles. The van der Waals surface area contributed by atoms with Crippen LogP contribution in [0, 0.1) is 13.8 Å². The van der Waals surface area contributed by atoms with Gasteiger partial charge in [0.25, 0.3) is 10.0 Å². The van der Waals surface area contributed by atoms with Crippen molar-refractivity contribution in [1.82, 2.24) is 9.78 Å². The van der Waals surface area contributed by atoms with E-state index in [0.29, 0.717) is 12.2 Å². The SMILES string of the molecule is CCn1nc(C)c(CCN(C)c2ccc(NS(=O)(=O)c3ccccc3)cc2C(=O)O)c1C.O=C(O)C(F)(F)F.